The molecular weight excluding hydrogens is 368 g/mol. The predicted octanol–water partition coefficient (Wildman–Crippen LogP) is 1.77. The number of halogens is 1. The molecule has 0 bridgehead atoms. The van der Waals surface area contributed by atoms with E-state index in [-0.39, 0.29) is 42.6 Å². The van der Waals surface area contributed by atoms with E-state index < -0.39 is 6.04 Å². The van der Waals surface area contributed by atoms with Crippen LogP contribution in [0, 0.1) is 5.92 Å². The number of rotatable bonds is 6. The number of benzene rings is 1. The molecule has 1 aromatic rings. The molecule has 2 rings (SSSR count). The summed E-state index contributed by atoms with van der Waals surface area (Å²) in [5.41, 5.74) is 6.82. The third kappa shape index (κ3) is 6.84. The van der Waals surface area contributed by atoms with E-state index in [0.717, 1.165) is 32.4 Å². The Morgan fingerprint density at radius 1 is 1.15 bits per heavy atom. The molecule has 1 atom stereocenters. The lowest BCUT2D eigenvalue weighted by molar-refractivity contribution is -0.125. The lowest BCUT2D eigenvalue weighted by Gasteiger charge is -2.26. The zero-order valence-electron chi connectivity index (χ0n) is 15.9. The molecule has 150 valence electrons. The maximum Gasteiger partial charge on any atom is 0.253 e. The fourth-order valence-electron chi connectivity index (χ4n) is 2.80. The molecule has 8 heteroatoms. The van der Waals surface area contributed by atoms with Gasteiger partial charge in [0.05, 0.1) is 12.6 Å². The highest BCUT2D eigenvalue weighted by Crippen LogP contribution is 2.16. The second kappa shape index (κ2) is 10.9. The molecule has 1 aliphatic rings. The highest BCUT2D eigenvalue weighted by atomic mass is 35.5. The predicted molar refractivity (Wildman–Crippen MR) is 108 cm³/mol. The molecule has 7 nitrogen and oxygen atoms in total. The van der Waals surface area contributed by atoms with Crippen LogP contribution in [0.2, 0.25) is 0 Å². The van der Waals surface area contributed by atoms with Crippen LogP contribution in [0.25, 0.3) is 0 Å². The van der Waals surface area contributed by atoms with E-state index in [2.05, 4.69) is 10.6 Å². The second-order valence-electron chi connectivity index (χ2n) is 6.97. The first kappa shape index (κ1) is 22.9. The summed E-state index contributed by atoms with van der Waals surface area (Å²) in [5.74, 6) is -0.742. The minimum Gasteiger partial charge on any atom is -0.346 e. The number of hydrogen-bond acceptors (Lipinski definition) is 4. The normalized spacial score (nSPS) is 14.9. The van der Waals surface area contributed by atoms with Gasteiger partial charge in [-0.2, -0.15) is 0 Å². The summed E-state index contributed by atoms with van der Waals surface area (Å²) >= 11 is 0. The molecule has 0 aliphatic carbocycles. The first-order valence-electron chi connectivity index (χ1n) is 9.11. The topological polar surface area (TPSA) is 105 Å². The number of nitrogens with zero attached hydrogens (tertiary/aromatic N) is 1. The van der Waals surface area contributed by atoms with Crippen molar-refractivity contribution in [3.63, 3.8) is 0 Å². The molecule has 1 aromatic carbocycles. The first-order chi connectivity index (χ1) is 12.4. The molecule has 1 saturated heterocycles. The van der Waals surface area contributed by atoms with Crippen molar-refractivity contribution in [3.8, 4) is 0 Å². The molecule has 1 aliphatic heterocycles. The number of carbonyl (C=O) groups is 3. The molecule has 0 spiro atoms. The number of amides is 3. The molecule has 3 amide bonds. The van der Waals surface area contributed by atoms with Crippen molar-refractivity contribution in [1.82, 2.24) is 10.2 Å². The van der Waals surface area contributed by atoms with E-state index in [0.29, 0.717) is 11.3 Å². The lowest BCUT2D eigenvalue weighted by Crippen LogP contribution is -2.46. The van der Waals surface area contributed by atoms with Crippen molar-refractivity contribution in [2.45, 2.75) is 39.2 Å². The van der Waals surface area contributed by atoms with Crippen LogP contribution in [0.1, 0.15) is 43.5 Å². The van der Waals surface area contributed by atoms with Crippen molar-refractivity contribution < 1.29 is 14.4 Å². The minimum atomic E-state index is -0.645. The Bertz CT molecular complexity index is 660. The molecule has 4 N–H and O–H groups in total. The van der Waals surface area contributed by atoms with E-state index in [4.69, 9.17) is 5.73 Å². The maximum atomic E-state index is 12.5. The van der Waals surface area contributed by atoms with Crippen LogP contribution in [-0.2, 0) is 9.59 Å². The third-order valence-corrected chi connectivity index (χ3v) is 4.48. The van der Waals surface area contributed by atoms with Gasteiger partial charge in [0.1, 0.15) is 0 Å². The van der Waals surface area contributed by atoms with Crippen LogP contribution in [0.4, 0.5) is 5.69 Å². The van der Waals surface area contributed by atoms with Crippen LogP contribution in [0.15, 0.2) is 24.3 Å². The summed E-state index contributed by atoms with van der Waals surface area (Å²) in [4.78, 5) is 38.2. The number of piperidine rings is 1. The van der Waals surface area contributed by atoms with E-state index >= 15 is 0 Å². The summed E-state index contributed by atoms with van der Waals surface area (Å²) in [6.45, 7) is 5.07. The van der Waals surface area contributed by atoms with Gasteiger partial charge in [-0.1, -0.05) is 19.9 Å². The van der Waals surface area contributed by atoms with Gasteiger partial charge in [0.15, 0.2) is 0 Å². The molecule has 0 aromatic heterocycles. The van der Waals surface area contributed by atoms with Crippen LogP contribution < -0.4 is 16.4 Å². The Morgan fingerprint density at radius 2 is 1.81 bits per heavy atom. The largest absolute Gasteiger partial charge is 0.346 e. The smallest absolute Gasteiger partial charge is 0.253 e. The van der Waals surface area contributed by atoms with Gasteiger partial charge in [-0.3, -0.25) is 14.4 Å². The van der Waals surface area contributed by atoms with Crippen LogP contribution in [0.3, 0.4) is 0 Å². The number of nitrogens with two attached hydrogens (primary N) is 1. The average Bonchev–Trinajstić information content (AvgIpc) is 2.65. The van der Waals surface area contributed by atoms with Gasteiger partial charge in [0.2, 0.25) is 11.8 Å². The van der Waals surface area contributed by atoms with E-state index in [1.54, 1.807) is 24.3 Å². The standard InChI is InChI=1S/C19H28N4O3.ClH/c1-13(2)17(20)18(25)21-12-16(24)22-15-8-6-7-14(11-15)19(26)23-9-4-3-5-10-23;/h6-8,11,13,17H,3-5,9-10,12,20H2,1-2H3,(H,21,25)(H,22,24);1H/t17-;/m0./s1. The van der Waals surface area contributed by atoms with Gasteiger partial charge in [-0.25, -0.2) is 0 Å². The molecule has 0 unspecified atom stereocenters. The Kier molecular flexibility index (Phi) is 9.25. The summed E-state index contributed by atoms with van der Waals surface area (Å²) in [5, 5.41) is 5.22. The van der Waals surface area contributed by atoms with Gasteiger partial charge in [-0.15, -0.1) is 12.4 Å². The summed E-state index contributed by atoms with van der Waals surface area (Å²) in [6, 6.07) is 6.22. The Morgan fingerprint density at radius 3 is 2.44 bits per heavy atom. The highest BCUT2D eigenvalue weighted by Gasteiger charge is 2.19. The van der Waals surface area contributed by atoms with Crippen molar-refractivity contribution >= 4 is 35.8 Å². The van der Waals surface area contributed by atoms with Gasteiger partial charge in [0, 0.05) is 24.3 Å². The fraction of sp³-hybridized carbons (Fsp3) is 0.526. The van der Waals surface area contributed by atoms with Crippen LogP contribution in [-0.4, -0.2) is 48.3 Å². The number of anilines is 1. The third-order valence-electron chi connectivity index (χ3n) is 4.48. The lowest BCUT2D eigenvalue weighted by atomic mass is 10.1. The molecule has 27 heavy (non-hydrogen) atoms. The molecule has 1 heterocycles. The Hall–Kier alpha value is -2.12. The number of hydrogen-bond donors (Lipinski definition) is 3. The summed E-state index contributed by atoms with van der Waals surface area (Å²) < 4.78 is 0. The number of likely N-dealkylation sites (tertiary alicyclic amines) is 1. The fourth-order valence-corrected chi connectivity index (χ4v) is 2.80. The Balaban J connectivity index is 0.00000364. The molecule has 0 radical (unpaired) electrons. The number of carbonyl (C=O) groups excluding carboxylic acids is 3. The molecular formula is C19H29ClN4O3. The van der Waals surface area contributed by atoms with Crippen LogP contribution in [0.5, 0.6) is 0 Å². The van der Waals surface area contributed by atoms with Gasteiger partial charge in [-0.05, 0) is 43.4 Å². The van der Waals surface area contributed by atoms with Gasteiger partial charge < -0.3 is 21.3 Å². The number of nitrogens with one attached hydrogen (secondary N) is 2. The minimum absolute atomic E-state index is 0. The van der Waals surface area contributed by atoms with E-state index in [9.17, 15) is 14.4 Å². The van der Waals surface area contributed by atoms with Crippen molar-refractivity contribution in [3.05, 3.63) is 29.8 Å². The first-order valence-corrected chi connectivity index (χ1v) is 9.11. The van der Waals surface area contributed by atoms with Gasteiger partial charge in [0.25, 0.3) is 5.91 Å². The molecule has 1 fully saturated rings. The van der Waals surface area contributed by atoms with Crippen molar-refractivity contribution in [1.29, 1.82) is 0 Å². The maximum absolute atomic E-state index is 12.5. The quantitative estimate of drug-likeness (QED) is 0.681. The van der Waals surface area contributed by atoms with Crippen molar-refractivity contribution in [2.24, 2.45) is 11.7 Å². The Labute approximate surface area is 166 Å². The second-order valence-corrected chi connectivity index (χ2v) is 6.97. The zero-order chi connectivity index (χ0) is 19.1. The zero-order valence-corrected chi connectivity index (χ0v) is 16.7. The summed E-state index contributed by atoms with van der Waals surface area (Å²) in [6.07, 6.45) is 3.22. The monoisotopic (exact) mass is 396 g/mol. The average molecular weight is 397 g/mol. The SMILES string of the molecule is CC(C)[C@H](N)C(=O)NCC(=O)Nc1cccc(C(=O)N2CCCCC2)c1.Cl. The highest BCUT2D eigenvalue weighted by molar-refractivity contribution is 5.98. The summed E-state index contributed by atoms with van der Waals surface area (Å²) in [7, 11) is 0. The molecule has 0 saturated carbocycles. The van der Waals surface area contributed by atoms with Crippen molar-refractivity contribution in [2.75, 3.05) is 25.0 Å². The van der Waals surface area contributed by atoms with E-state index in [1.165, 1.54) is 0 Å². The van der Waals surface area contributed by atoms with Crippen LogP contribution >= 0.6 is 12.4 Å². The van der Waals surface area contributed by atoms with Gasteiger partial charge >= 0.3 is 0 Å². The van der Waals surface area contributed by atoms with E-state index in [1.807, 2.05) is 18.7 Å².